The maximum atomic E-state index is 5.73. The van der Waals surface area contributed by atoms with E-state index < -0.39 is 0 Å². The van der Waals surface area contributed by atoms with Gasteiger partial charge in [0.15, 0.2) is 0 Å². The molecule has 1 fully saturated rings. The highest BCUT2D eigenvalue weighted by atomic mass is 127. The molecule has 1 rings (SSSR count). The second-order valence-corrected chi connectivity index (χ2v) is 4.74. The smallest absolute Gasteiger partial charge is 0.111 e. The van der Waals surface area contributed by atoms with Crippen molar-refractivity contribution in [1.82, 2.24) is 0 Å². The Balaban J connectivity index is 0.00000144. The van der Waals surface area contributed by atoms with Crippen LogP contribution in [0.15, 0.2) is 12.2 Å². The molecule has 1 saturated heterocycles. The highest BCUT2D eigenvalue weighted by molar-refractivity contribution is 5.07. The molecule has 2 nitrogen and oxygen atoms in total. The number of hydrogen-bond donors (Lipinski definition) is 0. The Kier molecular flexibility index (Phi) is 4.90. The van der Waals surface area contributed by atoms with E-state index in [9.17, 15) is 0 Å². The molecule has 0 radical (unpaired) electrons. The minimum absolute atomic E-state index is 0. The molecule has 0 unspecified atom stereocenters. The average molecular weight is 297 g/mol. The molecule has 1 heterocycles. The molecule has 0 aliphatic carbocycles. The summed E-state index contributed by atoms with van der Waals surface area (Å²) >= 11 is 0. The Morgan fingerprint density at radius 2 is 2.00 bits per heavy atom. The molecule has 0 aromatic carbocycles. The van der Waals surface area contributed by atoms with Crippen LogP contribution >= 0.6 is 0 Å². The van der Waals surface area contributed by atoms with E-state index in [0.717, 1.165) is 17.4 Å². The molecule has 13 heavy (non-hydrogen) atoms. The van der Waals surface area contributed by atoms with E-state index in [2.05, 4.69) is 34.6 Å². The average Bonchev–Trinajstić information content (AvgIpc) is 2.07. The van der Waals surface area contributed by atoms with E-state index >= 15 is 0 Å². The van der Waals surface area contributed by atoms with Gasteiger partial charge in [-0.2, -0.15) is 0 Å². The molecular weight excluding hydrogens is 277 g/mol. The summed E-state index contributed by atoms with van der Waals surface area (Å²) in [6.07, 6.45) is 1.69. The molecule has 3 heteroatoms. The van der Waals surface area contributed by atoms with Crippen molar-refractivity contribution in [2.45, 2.75) is 25.6 Å². The molecule has 0 aromatic heterocycles. The summed E-state index contributed by atoms with van der Waals surface area (Å²) in [5.41, 5.74) is 1.24. The lowest BCUT2D eigenvalue weighted by atomic mass is 10.1. The number of halogens is 1. The summed E-state index contributed by atoms with van der Waals surface area (Å²) in [6, 6.07) is 0. The van der Waals surface area contributed by atoms with Crippen molar-refractivity contribution in [1.29, 1.82) is 0 Å². The van der Waals surface area contributed by atoms with Gasteiger partial charge >= 0.3 is 0 Å². The number of quaternary nitrogens is 1. The number of hydrogen-bond acceptors (Lipinski definition) is 1. The van der Waals surface area contributed by atoms with Crippen LogP contribution < -0.4 is 24.0 Å². The predicted molar refractivity (Wildman–Crippen MR) is 51.0 cm³/mol. The van der Waals surface area contributed by atoms with Gasteiger partial charge in [0.25, 0.3) is 0 Å². The summed E-state index contributed by atoms with van der Waals surface area (Å²) in [5, 5.41) is 0. The van der Waals surface area contributed by atoms with Crippen LogP contribution in [0.5, 0.6) is 0 Å². The van der Waals surface area contributed by atoms with Crippen LogP contribution in [0.2, 0.25) is 0 Å². The zero-order chi connectivity index (χ0) is 9.35. The van der Waals surface area contributed by atoms with E-state index in [4.69, 9.17) is 4.74 Å². The van der Waals surface area contributed by atoms with Crippen LogP contribution in [0.4, 0.5) is 0 Å². The Labute approximate surface area is 98.6 Å². The third-order valence-corrected chi connectivity index (χ3v) is 2.21. The first-order chi connectivity index (χ1) is 5.38. The summed E-state index contributed by atoms with van der Waals surface area (Å²) in [4.78, 5) is 0. The van der Waals surface area contributed by atoms with Gasteiger partial charge in [0, 0.05) is 6.42 Å². The molecule has 0 saturated carbocycles. The molecular formula is C10H20INO. The van der Waals surface area contributed by atoms with Gasteiger partial charge in [-0.25, -0.2) is 0 Å². The molecule has 1 aliphatic rings. The molecule has 2 atom stereocenters. The predicted octanol–water partition coefficient (Wildman–Crippen LogP) is -1.57. The van der Waals surface area contributed by atoms with Crippen molar-refractivity contribution >= 4 is 0 Å². The highest BCUT2D eigenvalue weighted by Crippen LogP contribution is 2.24. The van der Waals surface area contributed by atoms with Gasteiger partial charge in [-0.15, -0.1) is 0 Å². The fraction of sp³-hybridized carbons (Fsp3) is 0.800. The lowest BCUT2D eigenvalue weighted by Crippen LogP contribution is -3.00. The zero-order valence-corrected chi connectivity index (χ0v) is 11.2. The van der Waals surface area contributed by atoms with Crippen LogP contribution in [0.3, 0.4) is 0 Å². The van der Waals surface area contributed by atoms with Crippen molar-refractivity contribution < 1.29 is 33.2 Å². The molecule has 0 aromatic rings. The van der Waals surface area contributed by atoms with Gasteiger partial charge in [-0.3, -0.25) is 0 Å². The second-order valence-electron chi connectivity index (χ2n) is 4.74. The highest BCUT2D eigenvalue weighted by Gasteiger charge is 2.29. The van der Waals surface area contributed by atoms with Crippen LogP contribution in [0.25, 0.3) is 0 Å². The molecule has 0 amide bonds. The Morgan fingerprint density at radius 3 is 2.31 bits per heavy atom. The maximum absolute atomic E-state index is 5.73. The summed E-state index contributed by atoms with van der Waals surface area (Å²) < 4.78 is 6.70. The normalized spacial score (nSPS) is 28.8. The van der Waals surface area contributed by atoms with Gasteiger partial charge in [0.1, 0.15) is 12.6 Å². The van der Waals surface area contributed by atoms with Crippen molar-refractivity contribution in [3.63, 3.8) is 0 Å². The Bertz CT molecular complexity index is 186. The standard InChI is InChI=1S/C10H20NO.HI/c1-8-6-10(12-9(8)2)7-11(3,4)5;/h9-10H,1,6-7H2,2-5H3;1H/q+1;/p-1/t9-,10-;/m1./s1. The minimum Gasteiger partial charge on any atom is -1.00 e. The molecule has 0 N–H and O–H groups in total. The quantitative estimate of drug-likeness (QED) is 0.340. The first-order valence-corrected chi connectivity index (χ1v) is 4.52. The lowest BCUT2D eigenvalue weighted by Gasteiger charge is -2.26. The summed E-state index contributed by atoms with van der Waals surface area (Å²) in [6.45, 7) is 7.14. The van der Waals surface area contributed by atoms with E-state index in [-0.39, 0.29) is 30.1 Å². The van der Waals surface area contributed by atoms with Crippen molar-refractivity contribution in [2.75, 3.05) is 27.7 Å². The third-order valence-electron chi connectivity index (χ3n) is 2.21. The van der Waals surface area contributed by atoms with Gasteiger partial charge in [0.05, 0.1) is 27.2 Å². The van der Waals surface area contributed by atoms with Gasteiger partial charge in [-0.05, 0) is 12.5 Å². The van der Waals surface area contributed by atoms with E-state index in [1.165, 1.54) is 5.57 Å². The van der Waals surface area contributed by atoms with Gasteiger partial charge < -0.3 is 33.2 Å². The number of rotatable bonds is 2. The monoisotopic (exact) mass is 297 g/mol. The minimum atomic E-state index is 0. The first-order valence-electron chi connectivity index (χ1n) is 4.52. The fourth-order valence-electron chi connectivity index (χ4n) is 1.61. The zero-order valence-electron chi connectivity index (χ0n) is 9.01. The van der Waals surface area contributed by atoms with E-state index in [1.54, 1.807) is 0 Å². The van der Waals surface area contributed by atoms with Crippen molar-refractivity contribution in [2.24, 2.45) is 0 Å². The molecule has 78 valence electrons. The third kappa shape index (κ3) is 4.42. The number of ether oxygens (including phenoxy) is 1. The largest absolute Gasteiger partial charge is 1.00 e. The van der Waals surface area contributed by atoms with Crippen LogP contribution in [0, 0.1) is 0 Å². The van der Waals surface area contributed by atoms with E-state index in [1.807, 2.05) is 0 Å². The lowest BCUT2D eigenvalue weighted by molar-refractivity contribution is -0.873. The topological polar surface area (TPSA) is 9.23 Å². The summed E-state index contributed by atoms with van der Waals surface area (Å²) in [7, 11) is 6.57. The van der Waals surface area contributed by atoms with Crippen molar-refractivity contribution in [3.05, 3.63) is 12.2 Å². The first kappa shape index (κ1) is 13.4. The Morgan fingerprint density at radius 1 is 1.46 bits per heavy atom. The molecule has 0 bridgehead atoms. The van der Waals surface area contributed by atoms with Gasteiger partial charge in [-0.1, -0.05) is 6.58 Å². The van der Waals surface area contributed by atoms with Crippen LogP contribution in [-0.2, 0) is 4.74 Å². The van der Waals surface area contributed by atoms with Crippen molar-refractivity contribution in [3.8, 4) is 0 Å². The number of likely N-dealkylation sites (N-methyl/N-ethyl adjacent to an activating group) is 1. The fourth-order valence-corrected chi connectivity index (χ4v) is 1.61. The van der Waals surface area contributed by atoms with E-state index in [0.29, 0.717) is 6.10 Å². The SMILES string of the molecule is C=C1C[C@H](C[N+](C)(C)C)O[C@@H]1C.[I-]. The summed E-state index contributed by atoms with van der Waals surface area (Å²) in [5.74, 6) is 0. The van der Waals surface area contributed by atoms with Crippen LogP contribution in [-0.4, -0.2) is 44.4 Å². The number of nitrogens with zero attached hydrogens (tertiary/aromatic N) is 1. The maximum Gasteiger partial charge on any atom is 0.111 e. The van der Waals surface area contributed by atoms with Gasteiger partial charge in [0.2, 0.25) is 0 Å². The van der Waals surface area contributed by atoms with Crippen LogP contribution in [0.1, 0.15) is 13.3 Å². The second kappa shape index (κ2) is 4.75. The Hall–Kier alpha value is 0.390. The molecule has 0 spiro atoms. The molecule has 1 aliphatic heterocycles.